The Bertz CT molecular complexity index is 1000. The molecule has 140 valence electrons. The summed E-state index contributed by atoms with van der Waals surface area (Å²) in [4.78, 5) is 19.8. The molecule has 4 rings (SSSR count). The quantitative estimate of drug-likeness (QED) is 0.683. The molecule has 3 heterocycles. The van der Waals surface area contributed by atoms with Gasteiger partial charge in [-0.05, 0) is 51.0 Å². The van der Waals surface area contributed by atoms with Gasteiger partial charge in [0.15, 0.2) is 5.65 Å². The van der Waals surface area contributed by atoms with Gasteiger partial charge in [-0.25, -0.2) is 14.1 Å². The van der Waals surface area contributed by atoms with Crippen molar-refractivity contribution in [3.8, 4) is 5.69 Å². The van der Waals surface area contributed by atoms with Gasteiger partial charge in [0.1, 0.15) is 5.82 Å². The van der Waals surface area contributed by atoms with Crippen molar-refractivity contribution in [2.75, 3.05) is 13.1 Å². The maximum absolute atomic E-state index is 13.7. The average Bonchev–Trinajstić information content (AvgIpc) is 2.83. The Morgan fingerprint density at radius 2 is 1.81 bits per heavy atom. The highest BCUT2D eigenvalue weighted by Gasteiger charge is 2.24. The smallest absolute Gasteiger partial charge is 0.254 e. The monoisotopic (exact) mass is 366 g/mol. The van der Waals surface area contributed by atoms with Crippen LogP contribution < -0.4 is 0 Å². The molecular weight excluding hydrogens is 343 g/mol. The number of likely N-dealkylation sites (tertiary alicyclic amines) is 1. The molecule has 3 aromatic rings. The van der Waals surface area contributed by atoms with Crippen molar-refractivity contribution >= 4 is 16.9 Å². The molecule has 1 saturated heterocycles. The summed E-state index contributed by atoms with van der Waals surface area (Å²) in [6.45, 7) is 5.32. The number of hydrogen-bond donors (Lipinski definition) is 0. The first-order valence-electron chi connectivity index (χ1n) is 9.47. The van der Waals surface area contributed by atoms with Crippen molar-refractivity contribution in [2.45, 2.75) is 39.5 Å². The van der Waals surface area contributed by atoms with E-state index >= 15 is 0 Å². The Hall–Kier alpha value is -2.76. The van der Waals surface area contributed by atoms with E-state index in [0.717, 1.165) is 42.7 Å². The number of pyridine rings is 1. The van der Waals surface area contributed by atoms with Crippen LogP contribution in [0.15, 0.2) is 30.3 Å². The predicted octanol–water partition coefficient (Wildman–Crippen LogP) is 4.19. The lowest BCUT2D eigenvalue weighted by atomic mass is 10.1. The number of amides is 1. The Kier molecular flexibility index (Phi) is 4.64. The molecule has 6 heteroatoms. The third kappa shape index (κ3) is 3.31. The number of aromatic nitrogens is 3. The first kappa shape index (κ1) is 17.6. The number of aryl methyl sites for hydroxylation is 2. The molecule has 1 aliphatic heterocycles. The second-order valence-electron chi connectivity index (χ2n) is 7.19. The molecule has 0 aliphatic carbocycles. The summed E-state index contributed by atoms with van der Waals surface area (Å²) in [5, 5.41) is 5.31. The lowest BCUT2D eigenvalue weighted by Gasteiger charge is -2.21. The minimum absolute atomic E-state index is 0.0364. The van der Waals surface area contributed by atoms with Crippen molar-refractivity contribution < 1.29 is 9.18 Å². The van der Waals surface area contributed by atoms with Crippen LogP contribution in [0.3, 0.4) is 0 Å². The number of carbonyl (C=O) groups is 1. The minimum atomic E-state index is -0.331. The first-order valence-corrected chi connectivity index (χ1v) is 9.47. The van der Waals surface area contributed by atoms with E-state index in [1.165, 1.54) is 25.0 Å². The Morgan fingerprint density at radius 1 is 1.07 bits per heavy atom. The zero-order valence-electron chi connectivity index (χ0n) is 15.7. The maximum Gasteiger partial charge on any atom is 0.254 e. The minimum Gasteiger partial charge on any atom is -0.339 e. The van der Waals surface area contributed by atoms with Gasteiger partial charge < -0.3 is 4.90 Å². The number of nitrogens with zero attached hydrogens (tertiary/aromatic N) is 4. The summed E-state index contributed by atoms with van der Waals surface area (Å²) in [7, 11) is 0. The van der Waals surface area contributed by atoms with E-state index in [-0.39, 0.29) is 11.7 Å². The van der Waals surface area contributed by atoms with E-state index < -0.39 is 0 Å². The average molecular weight is 366 g/mol. The lowest BCUT2D eigenvalue weighted by molar-refractivity contribution is 0.0763. The molecule has 0 atom stereocenters. The van der Waals surface area contributed by atoms with Crippen LogP contribution in [0, 0.1) is 19.7 Å². The van der Waals surface area contributed by atoms with Crippen molar-refractivity contribution in [1.29, 1.82) is 0 Å². The first-order chi connectivity index (χ1) is 13.0. The van der Waals surface area contributed by atoms with Gasteiger partial charge >= 0.3 is 0 Å². The molecule has 0 saturated carbocycles. The van der Waals surface area contributed by atoms with Crippen molar-refractivity contribution in [3.05, 3.63) is 53.1 Å². The molecule has 1 amide bonds. The summed E-state index contributed by atoms with van der Waals surface area (Å²) >= 11 is 0. The van der Waals surface area contributed by atoms with E-state index in [9.17, 15) is 9.18 Å². The summed E-state index contributed by atoms with van der Waals surface area (Å²) in [5.41, 5.74) is 3.30. The van der Waals surface area contributed by atoms with Crippen LogP contribution in [0.1, 0.15) is 47.4 Å². The Morgan fingerprint density at radius 3 is 2.52 bits per heavy atom. The van der Waals surface area contributed by atoms with E-state index in [1.807, 2.05) is 24.8 Å². The van der Waals surface area contributed by atoms with Gasteiger partial charge in [0.2, 0.25) is 0 Å². The SMILES string of the molecule is Cc1cc(C(=O)N2CCCCCC2)c2c(C)nn(-c3cccc(F)c3)c2n1. The van der Waals surface area contributed by atoms with Crippen LogP contribution in [-0.4, -0.2) is 38.7 Å². The fourth-order valence-electron chi connectivity index (χ4n) is 3.81. The van der Waals surface area contributed by atoms with Crippen molar-refractivity contribution in [1.82, 2.24) is 19.7 Å². The van der Waals surface area contributed by atoms with Gasteiger partial charge in [0, 0.05) is 18.8 Å². The van der Waals surface area contributed by atoms with E-state index in [1.54, 1.807) is 16.8 Å². The zero-order valence-corrected chi connectivity index (χ0v) is 15.7. The number of carbonyl (C=O) groups excluding carboxylic acids is 1. The number of halogens is 1. The zero-order chi connectivity index (χ0) is 19.0. The van der Waals surface area contributed by atoms with Gasteiger partial charge in [-0.2, -0.15) is 5.10 Å². The van der Waals surface area contributed by atoms with Crippen LogP contribution in [0.25, 0.3) is 16.7 Å². The van der Waals surface area contributed by atoms with Gasteiger partial charge in [0.05, 0.1) is 22.3 Å². The summed E-state index contributed by atoms with van der Waals surface area (Å²) < 4.78 is 15.3. The Labute approximate surface area is 157 Å². The lowest BCUT2D eigenvalue weighted by Crippen LogP contribution is -2.32. The third-order valence-electron chi connectivity index (χ3n) is 5.12. The van der Waals surface area contributed by atoms with Crippen LogP contribution in [-0.2, 0) is 0 Å². The fourth-order valence-corrected chi connectivity index (χ4v) is 3.81. The summed E-state index contributed by atoms with van der Waals surface area (Å²) in [5.74, 6) is -0.295. The molecular formula is C21H23FN4O. The van der Waals surface area contributed by atoms with Crippen LogP contribution in [0.2, 0.25) is 0 Å². The molecule has 2 aromatic heterocycles. The summed E-state index contributed by atoms with van der Waals surface area (Å²) in [6.07, 6.45) is 4.43. The highest BCUT2D eigenvalue weighted by molar-refractivity contribution is 6.06. The van der Waals surface area contributed by atoms with Crippen molar-refractivity contribution in [2.24, 2.45) is 0 Å². The fraction of sp³-hybridized carbons (Fsp3) is 0.381. The summed E-state index contributed by atoms with van der Waals surface area (Å²) in [6, 6.07) is 8.10. The van der Waals surface area contributed by atoms with Crippen LogP contribution in [0.4, 0.5) is 4.39 Å². The molecule has 1 aliphatic rings. The van der Waals surface area contributed by atoms with E-state index in [4.69, 9.17) is 0 Å². The number of rotatable bonds is 2. The van der Waals surface area contributed by atoms with Crippen molar-refractivity contribution in [3.63, 3.8) is 0 Å². The topological polar surface area (TPSA) is 51.0 Å². The maximum atomic E-state index is 13.7. The molecule has 1 fully saturated rings. The third-order valence-corrected chi connectivity index (χ3v) is 5.12. The van der Waals surface area contributed by atoms with Gasteiger partial charge in [-0.1, -0.05) is 18.9 Å². The number of hydrogen-bond acceptors (Lipinski definition) is 3. The van der Waals surface area contributed by atoms with Gasteiger partial charge in [-0.15, -0.1) is 0 Å². The molecule has 0 N–H and O–H groups in total. The predicted molar refractivity (Wildman–Crippen MR) is 103 cm³/mol. The highest BCUT2D eigenvalue weighted by Crippen LogP contribution is 2.27. The standard InChI is InChI=1S/C21H23FN4O/c1-14-12-18(21(27)25-10-5-3-4-6-11-25)19-15(2)24-26(20(19)23-14)17-9-7-8-16(22)13-17/h7-9,12-13H,3-6,10-11H2,1-2H3. The molecule has 5 nitrogen and oxygen atoms in total. The van der Waals surface area contributed by atoms with Gasteiger partial charge in [-0.3, -0.25) is 4.79 Å². The number of fused-ring (bicyclic) bond motifs is 1. The second kappa shape index (κ2) is 7.10. The molecule has 27 heavy (non-hydrogen) atoms. The normalized spacial score (nSPS) is 15.1. The molecule has 0 unspecified atom stereocenters. The van der Waals surface area contributed by atoms with E-state index in [0.29, 0.717) is 16.9 Å². The van der Waals surface area contributed by atoms with Crippen LogP contribution in [0.5, 0.6) is 0 Å². The molecule has 0 spiro atoms. The highest BCUT2D eigenvalue weighted by atomic mass is 19.1. The molecule has 0 bridgehead atoms. The van der Waals surface area contributed by atoms with E-state index in [2.05, 4.69) is 10.1 Å². The largest absolute Gasteiger partial charge is 0.339 e. The second-order valence-corrected chi connectivity index (χ2v) is 7.19. The molecule has 0 radical (unpaired) electrons. The Balaban J connectivity index is 1.86. The number of benzene rings is 1. The molecule has 1 aromatic carbocycles. The van der Waals surface area contributed by atoms with Gasteiger partial charge in [0.25, 0.3) is 5.91 Å². The van der Waals surface area contributed by atoms with Crippen LogP contribution >= 0.6 is 0 Å².